The van der Waals surface area contributed by atoms with Gasteiger partial charge in [-0.25, -0.2) is 12.7 Å². The molecule has 4 heteroatoms. The summed E-state index contributed by atoms with van der Waals surface area (Å²) in [5.74, 6) is 0. The van der Waals surface area contributed by atoms with Crippen LogP contribution in [0.3, 0.4) is 0 Å². The molecule has 0 atom stereocenters. The molecule has 0 aliphatic carbocycles. The summed E-state index contributed by atoms with van der Waals surface area (Å²) < 4.78 is 22.9. The number of rotatable bonds is 5. The summed E-state index contributed by atoms with van der Waals surface area (Å²) in [5, 5.41) is 0. The molecule has 1 aromatic carbocycles. The summed E-state index contributed by atoms with van der Waals surface area (Å²) in [6, 6.07) is 10.5. The molecule has 0 saturated carbocycles. The maximum atomic E-state index is 10.7. The molecule has 1 radical (unpaired) electrons. The highest BCUT2D eigenvalue weighted by Gasteiger charge is 2.03. The molecule has 0 fully saturated rings. The van der Waals surface area contributed by atoms with Gasteiger partial charge in [0, 0.05) is 13.1 Å². The Morgan fingerprint density at radius 2 is 2.00 bits per heavy atom. The minimum atomic E-state index is -2.43. The Bertz CT molecular complexity index is 327. The topological polar surface area (TPSA) is 37.4 Å². The van der Waals surface area contributed by atoms with Gasteiger partial charge in [0.2, 0.25) is 10.9 Å². The van der Waals surface area contributed by atoms with Gasteiger partial charge < -0.3 is 0 Å². The Balaban J connectivity index is 2.48. The Labute approximate surface area is 86.4 Å². The number of likely N-dealkylation sites (N-methyl/N-ethyl adjacent to an activating group) is 1. The molecule has 1 aromatic rings. The molecule has 77 valence electrons. The van der Waals surface area contributed by atoms with Crippen LogP contribution < -0.4 is 0 Å². The molecule has 0 aliphatic rings. The number of hydrogen-bond donors (Lipinski definition) is 1. The monoisotopic (exact) mass is 212 g/mol. The van der Waals surface area contributed by atoms with E-state index in [9.17, 15) is 8.42 Å². The van der Waals surface area contributed by atoms with E-state index in [1.165, 1.54) is 4.31 Å². The average molecular weight is 212 g/mol. The average Bonchev–Trinajstić information content (AvgIpc) is 2.20. The standard InChI is InChI=1S/C10H14NO2S/c1-2-11(14(12)13)9-8-10-6-4-3-5-7-10/h4-7,14H,2,8-9H2,1H3. The molecule has 3 nitrogen and oxygen atoms in total. The van der Waals surface area contributed by atoms with Crippen LogP contribution in [0.15, 0.2) is 24.3 Å². The lowest BCUT2D eigenvalue weighted by atomic mass is 10.1. The second-order valence-corrected chi connectivity index (χ2v) is 3.98. The van der Waals surface area contributed by atoms with Crippen LogP contribution in [-0.4, -0.2) is 25.8 Å². The summed E-state index contributed by atoms with van der Waals surface area (Å²) in [6.45, 7) is 2.93. The van der Waals surface area contributed by atoms with Crippen LogP contribution in [0.4, 0.5) is 0 Å². The van der Waals surface area contributed by atoms with Gasteiger partial charge in [-0.05, 0) is 18.1 Å². The highest BCUT2D eigenvalue weighted by molar-refractivity contribution is 7.69. The Morgan fingerprint density at radius 3 is 2.50 bits per heavy atom. The largest absolute Gasteiger partial charge is 0.215 e. The van der Waals surface area contributed by atoms with Crippen LogP contribution in [0.25, 0.3) is 0 Å². The third kappa shape index (κ3) is 3.47. The first-order valence-corrected chi connectivity index (χ1v) is 5.71. The summed E-state index contributed by atoms with van der Waals surface area (Å²) in [4.78, 5) is 0. The Hall–Kier alpha value is -0.870. The van der Waals surface area contributed by atoms with Gasteiger partial charge in [-0.1, -0.05) is 31.2 Å². The molecule has 0 aliphatic heterocycles. The van der Waals surface area contributed by atoms with Gasteiger partial charge in [-0.3, -0.25) is 0 Å². The molecule has 0 unspecified atom stereocenters. The summed E-state index contributed by atoms with van der Waals surface area (Å²) >= 11 is 0. The fourth-order valence-corrected chi connectivity index (χ4v) is 1.70. The van der Waals surface area contributed by atoms with Crippen molar-refractivity contribution < 1.29 is 8.42 Å². The first kappa shape index (κ1) is 11.2. The lowest BCUT2D eigenvalue weighted by Crippen LogP contribution is -2.23. The highest BCUT2D eigenvalue weighted by atomic mass is 32.2. The quantitative estimate of drug-likeness (QED) is 0.736. The van der Waals surface area contributed by atoms with Crippen molar-refractivity contribution in [2.45, 2.75) is 13.3 Å². The smallest absolute Gasteiger partial charge is 0.203 e. The maximum Gasteiger partial charge on any atom is 0.203 e. The van der Waals surface area contributed by atoms with Crippen molar-refractivity contribution in [1.29, 1.82) is 0 Å². The highest BCUT2D eigenvalue weighted by Crippen LogP contribution is 2.00. The number of benzene rings is 1. The van der Waals surface area contributed by atoms with Gasteiger partial charge in [-0.15, -0.1) is 0 Å². The first-order chi connectivity index (χ1) is 6.74. The lowest BCUT2D eigenvalue weighted by Gasteiger charge is -2.11. The predicted octanol–water partition coefficient (Wildman–Crippen LogP) is 0.878. The maximum absolute atomic E-state index is 10.7. The number of hydrogen-bond acceptors (Lipinski definition) is 2. The van der Waals surface area contributed by atoms with Crippen LogP contribution in [0, 0.1) is 6.07 Å². The van der Waals surface area contributed by atoms with Crippen LogP contribution in [0.1, 0.15) is 12.5 Å². The number of thiol groups is 1. The van der Waals surface area contributed by atoms with Crippen molar-refractivity contribution in [2.24, 2.45) is 0 Å². The van der Waals surface area contributed by atoms with Crippen molar-refractivity contribution in [3.05, 3.63) is 35.9 Å². The molecular weight excluding hydrogens is 198 g/mol. The lowest BCUT2D eigenvalue weighted by molar-refractivity contribution is 0.447. The van der Waals surface area contributed by atoms with Gasteiger partial charge in [0.15, 0.2) is 0 Å². The fraction of sp³-hybridized carbons (Fsp3) is 0.400. The van der Waals surface area contributed by atoms with Gasteiger partial charge >= 0.3 is 0 Å². The van der Waals surface area contributed by atoms with E-state index in [1.54, 1.807) is 0 Å². The van der Waals surface area contributed by atoms with Crippen LogP contribution >= 0.6 is 0 Å². The van der Waals surface area contributed by atoms with Gasteiger partial charge in [-0.2, -0.15) is 0 Å². The van der Waals surface area contributed by atoms with Crippen LogP contribution in [0.5, 0.6) is 0 Å². The van der Waals surface area contributed by atoms with E-state index < -0.39 is 10.9 Å². The molecular formula is C10H14NO2S. The first-order valence-electron chi connectivity index (χ1n) is 4.58. The van der Waals surface area contributed by atoms with E-state index in [0.29, 0.717) is 13.1 Å². The number of nitrogens with zero attached hydrogens (tertiary/aromatic N) is 1. The zero-order valence-corrected chi connectivity index (χ0v) is 9.04. The van der Waals surface area contributed by atoms with Crippen molar-refractivity contribution in [1.82, 2.24) is 4.31 Å². The van der Waals surface area contributed by atoms with Crippen molar-refractivity contribution in [3.8, 4) is 0 Å². The second-order valence-electron chi connectivity index (χ2n) is 2.94. The molecule has 0 heterocycles. The van der Waals surface area contributed by atoms with Crippen LogP contribution in [0.2, 0.25) is 0 Å². The molecule has 0 saturated heterocycles. The minimum Gasteiger partial charge on any atom is -0.215 e. The molecule has 0 N–H and O–H groups in total. The molecule has 0 spiro atoms. The fourth-order valence-electron chi connectivity index (χ4n) is 1.20. The molecule has 1 rings (SSSR count). The molecule has 0 aromatic heterocycles. The Kier molecular flexibility index (Phi) is 4.62. The van der Waals surface area contributed by atoms with Crippen LogP contribution in [-0.2, 0) is 17.3 Å². The van der Waals surface area contributed by atoms with E-state index in [0.717, 1.165) is 12.0 Å². The van der Waals surface area contributed by atoms with E-state index in [1.807, 2.05) is 31.2 Å². The second kappa shape index (κ2) is 5.78. The third-order valence-electron chi connectivity index (χ3n) is 2.04. The molecule has 0 amide bonds. The normalized spacial score (nSPS) is 11.1. The Morgan fingerprint density at radius 1 is 1.36 bits per heavy atom. The SMILES string of the molecule is CCN(CCc1cc[c]cc1)[SH](=O)=O. The molecule has 0 bridgehead atoms. The third-order valence-corrected chi connectivity index (χ3v) is 2.99. The van der Waals surface area contributed by atoms with E-state index in [-0.39, 0.29) is 0 Å². The van der Waals surface area contributed by atoms with Crippen molar-refractivity contribution in [3.63, 3.8) is 0 Å². The zero-order chi connectivity index (χ0) is 10.4. The molecule has 14 heavy (non-hydrogen) atoms. The van der Waals surface area contributed by atoms with Crippen molar-refractivity contribution in [2.75, 3.05) is 13.1 Å². The van der Waals surface area contributed by atoms with Gasteiger partial charge in [0.1, 0.15) is 0 Å². The summed E-state index contributed by atoms with van der Waals surface area (Å²) in [7, 11) is -2.43. The zero-order valence-electron chi connectivity index (χ0n) is 8.14. The van der Waals surface area contributed by atoms with E-state index in [4.69, 9.17) is 0 Å². The minimum absolute atomic E-state index is 0.539. The van der Waals surface area contributed by atoms with E-state index >= 15 is 0 Å². The van der Waals surface area contributed by atoms with E-state index in [2.05, 4.69) is 6.07 Å². The van der Waals surface area contributed by atoms with Crippen molar-refractivity contribution >= 4 is 10.9 Å². The summed E-state index contributed by atoms with van der Waals surface area (Å²) in [6.07, 6.45) is 0.756. The van der Waals surface area contributed by atoms with Gasteiger partial charge in [0.05, 0.1) is 0 Å². The predicted molar refractivity (Wildman–Crippen MR) is 56.5 cm³/mol. The van der Waals surface area contributed by atoms with Gasteiger partial charge in [0.25, 0.3) is 0 Å². The summed E-state index contributed by atoms with van der Waals surface area (Å²) in [5.41, 5.74) is 1.14.